The zero-order valence-electron chi connectivity index (χ0n) is 11.4. The Morgan fingerprint density at radius 1 is 1.37 bits per heavy atom. The summed E-state index contributed by atoms with van der Waals surface area (Å²) in [5, 5.41) is 3.25. The Bertz CT molecular complexity index is 410. The molecule has 0 aliphatic carbocycles. The van der Waals surface area contributed by atoms with Crippen molar-refractivity contribution in [3.63, 3.8) is 0 Å². The number of hydrogen-bond donors (Lipinski definition) is 2. The van der Waals surface area contributed by atoms with E-state index >= 15 is 0 Å². The lowest BCUT2D eigenvalue weighted by Crippen LogP contribution is -2.17. The van der Waals surface area contributed by atoms with Crippen molar-refractivity contribution in [2.24, 2.45) is 5.73 Å². The molecule has 1 amide bonds. The predicted molar refractivity (Wildman–Crippen MR) is 72.1 cm³/mol. The molecule has 1 rings (SSSR count). The second-order valence-corrected chi connectivity index (χ2v) is 4.09. The van der Waals surface area contributed by atoms with Gasteiger partial charge in [-0.05, 0) is 19.4 Å². The van der Waals surface area contributed by atoms with Crippen molar-refractivity contribution in [3.05, 3.63) is 18.0 Å². The number of hydrogen-bond acceptors (Lipinski definition) is 5. The van der Waals surface area contributed by atoms with Crippen LogP contribution < -0.4 is 20.5 Å². The predicted octanol–water partition coefficient (Wildman–Crippen LogP) is 0.844. The number of rotatable bonds is 9. The number of nitrogens with zero attached hydrogens (tertiary/aromatic N) is 1. The molecule has 1 heterocycles. The Balaban J connectivity index is 2.38. The number of primary amides is 1. The van der Waals surface area contributed by atoms with E-state index in [1.807, 2.05) is 0 Å². The van der Waals surface area contributed by atoms with Crippen LogP contribution in [0.1, 0.15) is 25.0 Å². The first-order valence-electron chi connectivity index (χ1n) is 6.24. The average Bonchev–Trinajstić information content (AvgIpc) is 2.41. The van der Waals surface area contributed by atoms with Gasteiger partial charge in [0, 0.05) is 25.2 Å². The van der Waals surface area contributed by atoms with Gasteiger partial charge in [0.2, 0.25) is 5.91 Å². The highest BCUT2D eigenvalue weighted by Crippen LogP contribution is 2.28. The summed E-state index contributed by atoms with van der Waals surface area (Å²) >= 11 is 0. The Morgan fingerprint density at radius 3 is 2.79 bits per heavy atom. The van der Waals surface area contributed by atoms with Crippen LogP contribution in [0.3, 0.4) is 0 Å². The highest BCUT2D eigenvalue weighted by molar-refractivity contribution is 5.73. The van der Waals surface area contributed by atoms with Crippen molar-refractivity contribution >= 4 is 5.91 Å². The number of methoxy groups -OCH3 is 2. The zero-order valence-corrected chi connectivity index (χ0v) is 11.4. The van der Waals surface area contributed by atoms with Gasteiger partial charge in [-0.2, -0.15) is 0 Å². The van der Waals surface area contributed by atoms with Crippen LogP contribution in [0.25, 0.3) is 0 Å². The number of ether oxygens (including phenoxy) is 2. The molecule has 0 aliphatic heterocycles. The summed E-state index contributed by atoms with van der Waals surface area (Å²) in [6.45, 7) is 1.40. The highest BCUT2D eigenvalue weighted by Gasteiger charge is 2.10. The topological polar surface area (TPSA) is 86.5 Å². The van der Waals surface area contributed by atoms with E-state index in [4.69, 9.17) is 15.2 Å². The number of carbonyl (C=O) groups is 1. The van der Waals surface area contributed by atoms with Gasteiger partial charge in [0.1, 0.15) is 0 Å². The number of nitrogens with two attached hydrogens (primary N) is 1. The molecule has 0 unspecified atom stereocenters. The summed E-state index contributed by atoms with van der Waals surface area (Å²) < 4.78 is 10.5. The first-order valence-corrected chi connectivity index (χ1v) is 6.24. The van der Waals surface area contributed by atoms with E-state index in [0.717, 1.165) is 25.1 Å². The molecule has 0 fully saturated rings. The number of unbranched alkanes of at least 4 members (excludes halogenated alkanes) is 1. The second kappa shape index (κ2) is 8.31. The minimum Gasteiger partial charge on any atom is -0.493 e. The van der Waals surface area contributed by atoms with E-state index < -0.39 is 0 Å². The number of carbonyl (C=O) groups excluding carboxylic acids is 1. The van der Waals surface area contributed by atoms with Gasteiger partial charge in [-0.15, -0.1) is 0 Å². The van der Waals surface area contributed by atoms with E-state index in [0.29, 0.717) is 24.5 Å². The standard InChI is InChI=1S/C13H21N3O3/c1-18-11-6-8-16-10(13(11)19-2)9-15-7-4-3-5-12(14)17/h6,8,15H,3-5,7,9H2,1-2H3,(H2,14,17). The summed E-state index contributed by atoms with van der Waals surface area (Å²) in [6, 6.07) is 1.76. The smallest absolute Gasteiger partial charge is 0.217 e. The Hall–Kier alpha value is -1.82. The molecular formula is C13H21N3O3. The largest absolute Gasteiger partial charge is 0.493 e. The number of nitrogens with one attached hydrogen (secondary N) is 1. The first-order chi connectivity index (χ1) is 9.19. The fourth-order valence-corrected chi connectivity index (χ4v) is 1.73. The summed E-state index contributed by atoms with van der Waals surface area (Å²) in [5.74, 6) is 1.06. The fraction of sp³-hybridized carbons (Fsp3) is 0.538. The number of pyridine rings is 1. The third kappa shape index (κ3) is 5.13. The van der Waals surface area contributed by atoms with E-state index in [2.05, 4.69) is 10.3 Å². The average molecular weight is 267 g/mol. The van der Waals surface area contributed by atoms with Crippen LogP contribution in [-0.2, 0) is 11.3 Å². The molecular weight excluding hydrogens is 246 g/mol. The first kappa shape index (κ1) is 15.2. The van der Waals surface area contributed by atoms with Crippen molar-refractivity contribution < 1.29 is 14.3 Å². The third-order valence-electron chi connectivity index (χ3n) is 2.69. The van der Waals surface area contributed by atoms with Crippen LogP contribution >= 0.6 is 0 Å². The quantitative estimate of drug-likeness (QED) is 0.648. The van der Waals surface area contributed by atoms with Crippen molar-refractivity contribution in [1.29, 1.82) is 0 Å². The molecule has 106 valence electrons. The Labute approximate surface area is 113 Å². The van der Waals surface area contributed by atoms with Crippen molar-refractivity contribution in [2.45, 2.75) is 25.8 Å². The normalized spacial score (nSPS) is 10.2. The molecule has 6 nitrogen and oxygen atoms in total. The third-order valence-corrected chi connectivity index (χ3v) is 2.69. The van der Waals surface area contributed by atoms with E-state index in [-0.39, 0.29) is 5.91 Å². The van der Waals surface area contributed by atoms with Crippen LogP contribution in [0.5, 0.6) is 11.5 Å². The molecule has 0 aliphatic rings. The van der Waals surface area contributed by atoms with Crippen LogP contribution in [0.2, 0.25) is 0 Å². The van der Waals surface area contributed by atoms with Gasteiger partial charge in [-0.3, -0.25) is 9.78 Å². The fourth-order valence-electron chi connectivity index (χ4n) is 1.73. The van der Waals surface area contributed by atoms with Gasteiger partial charge in [0.25, 0.3) is 0 Å². The van der Waals surface area contributed by atoms with Gasteiger partial charge >= 0.3 is 0 Å². The van der Waals surface area contributed by atoms with Crippen LogP contribution in [0, 0.1) is 0 Å². The van der Waals surface area contributed by atoms with Crippen LogP contribution in [-0.4, -0.2) is 31.7 Å². The summed E-state index contributed by atoms with van der Waals surface area (Å²) in [4.78, 5) is 14.8. The molecule has 0 bridgehead atoms. The molecule has 0 atom stereocenters. The molecule has 0 spiro atoms. The maximum atomic E-state index is 10.6. The molecule has 0 saturated carbocycles. The molecule has 19 heavy (non-hydrogen) atoms. The highest BCUT2D eigenvalue weighted by atomic mass is 16.5. The molecule has 1 aromatic rings. The van der Waals surface area contributed by atoms with Crippen molar-refractivity contribution in [3.8, 4) is 11.5 Å². The lowest BCUT2D eigenvalue weighted by Gasteiger charge is -2.12. The van der Waals surface area contributed by atoms with Gasteiger partial charge in [-0.25, -0.2) is 0 Å². The van der Waals surface area contributed by atoms with Gasteiger partial charge in [0.05, 0.1) is 19.9 Å². The van der Waals surface area contributed by atoms with E-state index in [9.17, 15) is 4.79 Å². The maximum Gasteiger partial charge on any atom is 0.217 e. The molecule has 3 N–H and O–H groups in total. The zero-order chi connectivity index (χ0) is 14.1. The SMILES string of the molecule is COc1ccnc(CNCCCCC(N)=O)c1OC. The van der Waals surface area contributed by atoms with E-state index in [1.165, 1.54) is 0 Å². The lowest BCUT2D eigenvalue weighted by molar-refractivity contribution is -0.118. The summed E-state index contributed by atoms with van der Waals surface area (Å²) in [7, 11) is 3.19. The van der Waals surface area contributed by atoms with Gasteiger partial charge < -0.3 is 20.5 Å². The minimum absolute atomic E-state index is 0.254. The Morgan fingerprint density at radius 2 is 2.16 bits per heavy atom. The Kier molecular flexibility index (Phi) is 6.67. The van der Waals surface area contributed by atoms with Gasteiger partial charge in [-0.1, -0.05) is 0 Å². The second-order valence-electron chi connectivity index (χ2n) is 4.09. The number of amides is 1. The molecule has 0 saturated heterocycles. The van der Waals surface area contributed by atoms with Crippen molar-refractivity contribution in [2.75, 3.05) is 20.8 Å². The van der Waals surface area contributed by atoms with Crippen molar-refractivity contribution in [1.82, 2.24) is 10.3 Å². The van der Waals surface area contributed by atoms with E-state index in [1.54, 1.807) is 26.5 Å². The number of aromatic nitrogens is 1. The monoisotopic (exact) mass is 267 g/mol. The molecule has 1 aromatic heterocycles. The van der Waals surface area contributed by atoms with Crippen LogP contribution in [0.4, 0.5) is 0 Å². The lowest BCUT2D eigenvalue weighted by atomic mass is 10.2. The van der Waals surface area contributed by atoms with Gasteiger partial charge in [0.15, 0.2) is 11.5 Å². The molecule has 6 heteroatoms. The minimum atomic E-state index is -0.254. The maximum absolute atomic E-state index is 10.6. The molecule has 0 aromatic carbocycles. The molecule has 0 radical (unpaired) electrons. The summed E-state index contributed by atoms with van der Waals surface area (Å²) in [6.07, 6.45) is 3.81. The van der Waals surface area contributed by atoms with Crippen LogP contribution in [0.15, 0.2) is 12.3 Å². The summed E-state index contributed by atoms with van der Waals surface area (Å²) in [5.41, 5.74) is 5.87.